The number of Topliss-reactive ketones (excluding diaryl/α,β-unsaturated/α-hetero) is 1. The number of benzene rings is 3. The van der Waals surface area contributed by atoms with Crippen molar-refractivity contribution in [3.05, 3.63) is 89.0 Å². The number of aryl methyl sites for hydroxylation is 1. The molecule has 3 aromatic carbocycles. The first-order valence-electron chi connectivity index (χ1n) is 11.2. The van der Waals surface area contributed by atoms with Crippen LogP contribution in [0.15, 0.2) is 72.3 Å². The van der Waals surface area contributed by atoms with Crippen molar-refractivity contribution in [3.63, 3.8) is 0 Å². The van der Waals surface area contributed by atoms with Crippen LogP contribution in [0.5, 0.6) is 17.2 Å². The second-order valence-corrected chi connectivity index (χ2v) is 8.05. The largest absolute Gasteiger partial charge is 0.506 e. The van der Waals surface area contributed by atoms with Crippen LogP contribution < -0.4 is 19.1 Å². The normalized spacial score (nSPS) is 16.9. The Labute approximate surface area is 204 Å². The van der Waals surface area contributed by atoms with E-state index >= 15 is 0 Å². The Morgan fingerprint density at radius 3 is 2.14 bits per heavy atom. The van der Waals surface area contributed by atoms with Gasteiger partial charge in [0.05, 0.1) is 32.4 Å². The first-order valence-corrected chi connectivity index (χ1v) is 11.2. The molecule has 4 rings (SSSR count). The summed E-state index contributed by atoms with van der Waals surface area (Å²) in [6, 6.07) is 18.6. The van der Waals surface area contributed by atoms with E-state index in [9.17, 15) is 14.7 Å². The van der Waals surface area contributed by atoms with E-state index in [1.807, 2.05) is 32.0 Å². The van der Waals surface area contributed by atoms with E-state index < -0.39 is 17.7 Å². The topological polar surface area (TPSA) is 85.3 Å². The van der Waals surface area contributed by atoms with Crippen LogP contribution in [-0.2, 0) is 9.59 Å². The van der Waals surface area contributed by atoms with Crippen molar-refractivity contribution >= 4 is 23.1 Å². The van der Waals surface area contributed by atoms with Crippen LogP contribution in [0.1, 0.15) is 29.7 Å². The maximum absolute atomic E-state index is 13.4. The van der Waals surface area contributed by atoms with Crippen molar-refractivity contribution in [2.24, 2.45) is 0 Å². The number of methoxy groups -OCH3 is 2. The highest BCUT2D eigenvalue weighted by Gasteiger charge is 2.47. The number of aliphatic hydroxyl groups is 1. The number of ether oxygens (including phenoxy) is 3. The Morgan fingerprint density at radius 2 is 1.57 bits per heavy atom. The molecule has 1 fully saturated rings. The van der Waals surface area contributed by atoms with E-state index in [2.05, 4.69) is 0 Å². The fourth-order valence-electron chi connectivity index (χ4n) is 4.32. The molecule has 0 saturated carbocycles. The van der Waals surface area contributed by atoms with Crippen LogP contribution in [-0.4, -0.2) is 37.6 Å². The Hall–Kier alpha value is -4.26. The fourth-order valence-corrected chi connectivity index (χ4v) is 4.32. The Morgan fingerprint density at radius 1 is 0.943 bits per heavy atom. The fraction of sp³-hybridized carbons (Fsp3) is 0.214. The summed E-state index contributed by atoms with van der Waals surface area (Å²) in [5.41, 5.74) is 2.28. The van der Waals surface area contributed by atoms with Gasteiger partial charge >= 0.3 is 0 Å². The molecule has 7 nitrogen and oxygen atoms in total. The minimum absolute atomic E-state index is 0.0523. The monoisotopic (exact) mass is 473 g/mol. The van der Waals surface area contributed by atoms with Gasteiger partial charge in [0.1, 0.15) is 28.6 Å². The van der Waals surface area contributed by atoms with Gasteiger partial charge < -0.3 is 19.3 Å². The summed E-state index contributed by atoms with van der Waals surface area (Å²) in [5, 5.41) is 11.5. The molecule has 35 heavy (non-hydrogen) atoms. The molecule has 1 unspecified atom stereocenters. The number of hydrogen-bond donors (Lipinski definition) is 1. The molecular formula is C28H27NO6. The molecule has 1 heterocycles. The van der Waals surface area contributed by atoms with Crippen LogP contribution in [0.25, 0.3) is 5.76 Å². The molecule has 1 aliphatic rings. The standard InChI is InChI=1S/C28H27NO6/c1-5-35-20-14-12-18(13-15-20)25-24(26(30)23-21(33-3)10-7-11-22(23)34-4)27(31)28(32)29(25)19-9-6-8-17(2)16-19/h6-16,25,30H,5H2,1-4H3/b26-24+. The molecule has 0 aliphatic carbocycles. The third-order valence-electron chi connectivity index (χ3n) is 5.90. The molecule has 7 heteroatoms. The van der Waals surface area contributed by atoms with Gasteiger partial charge in [-0.2, -0.15) is 0 Å². The van der Waals surface area contributed by atoms with E-state index in [1.165, 1.54) is 19.1 Å². The van der Waals surface area contributed by atoms with Crippen molar-refractivity contribution in [1.29, 1.82) is 0 Å². The van der Waals surface area contributed by atoms with E-state index in [1.54, 1.807) is 48.5 Å². The zero-order chi connectivity index (χ0) is 25.1. The summed E-state index contributed by atoms with van der Waals surface area (Å²) in [6.07, 6.45) is 0. The Balaban J connectivity index is 1.98. The van der Waals surface area contributed by atoms with Crippen molar-refractivity contribution < 1.29 is 28.9 Å². The number of carbonyl (C=O) groups is 2. The van der Waals surface area contributed by atoms with Gasteiger partial charge in [0, 0.05) is 5.69 Å². The summed E-state index contributed by atoms with van der Waals surface area (Å²) in [7, 11) is 2.92. The number of hydrogen-bond acceptors (Lipinski definition) is 6. The van der Waals surface area contributed by atoms with Crippen molar-refractivity contribution in [2.75, 3.05) is 25.7 Å². The predicted molar refractivity (Wildman–Crippen MR) is 133 cm³/mol. The molecule has 1 saturated heterocycles. The second kappa shape index (κ2) is 9.93. The minimum atomic E-state index is -0.873. The van der Waals surface area contributed by atoms with Crippen molar-refractivity contribution in [1.82, 2.24) is 0 Å². The lowest BCUT2D eigenvalue weighted by molar-refractivity contribution is -0.132. The lowest BCUT2D eigenvalue weighted by Crippen LogP contribution is -2.29. The smallest absolute Gasteiger partial charge is 0.300 e. The van der Waals surface area contributed by atoms with E-state index in [0.29, 0.717) is 35.1 Å². The molecule has 180 valence electrons. The molecule has 0 bridgehead atoms. The number of anilines is 1. The Kier molecular flexibility index (Phi) is 6.78. The van der Waals surface area contributed by atoms with Crippen LogP contribution in [0, 0.1) is 6.92 Å². The summed E-state index contributed by atoms with van der Waals surface area (Å²) < 4.78 is 16.4. The average molecular weight is 474 g/mol. The molecule has 1 N–H and O–H groups in total. The van der Waals surface area contributed by atoms with E-state index in [0.717, 1.165) is 5.56 Å². The molecule has 1 atom stereocenters. The third kappa shape index (κ3) is 4.33. The van der Waals surface area contributed by atoms with Gasteiger partial charge in [-0.25, -0.2) is 0 Å². The first-order chi connectivity index (χ1) is 16.9. The van der Waals surface area contributed by atoms with Gasteiger partial charge in [0.2, 0.25) is 0 Å². The number of carbonyl (C=O) groups excluding carboxylic acids is 2. The zero-order valence-corrected chi connectivity index (χ0v) is 20.1. The van der Waals surface area contributed by atoms with Gasteiger partial charge in [-0.05, 0) is 61.4 Å². The van der Waals surface area contributed by atoms with E-state index in [4.69, 9.17) is 14.2 Å². The maximum Gasteiger partial charge on any atom is 0.300 e. The number of rotatable bonds is 7. The van der Waals surface area contributed by atoms with Crippen LogP contribution >= 0.6 is 0 Å². The maximum atomic E-state index is 13.4. The molecule has 0 spiro atoms. The summed E-state index contributed by atoms with van der Waals surface area (Å²) in [5.74, 6) is -0.606. The Bertz CT molecular complexity index is 1270. The molecule has 1 aliphatic heterocycles. The summed E-state index contributed by atoms with van der Waals surface area (Å²) in [6.45, 7) is 4.31. The zero-order valence-electron chi connectivity index (χ0n) is 20.1. The van der Waals surface area contributed by atoms with Crippen LogP contribution in [0.3, 0.4) is 0 Å². The van der Waals surface area contributed by atoms with Crippen LogP contribution in [0.2, 0.25) is 0 Å². The quantitative estimate of drug-likeness (QED) is 0.294. The number of nitrogens with zero attached hydrogens (tertiary/aromatic N) is 1. The number of amides is 1. The second-order valence-electron chi connectivity index (χ2n) is 8.05. The molecule has 3 aromatic rings. The molecule has 0 aromatic heterocycles. The van der Waals surface area contributed by atoms with Gasteiger partial charge in [-0.1, -0.05) is 30.3 Å². The highest BCUT2D eigenvalue weighted by molar-refractivity contribution is 6.51. The van der Waals surface area contributed by atoms with E-state index in [-0.39, 0.29) is 16.9 Å². The number of aliphatic hydroxyl groups excluding tert-OH is 1. The molecule has 1 amide bonds. The van der Waals surface area contributed by atoms with Gasteiger partial charge in [0.25, 0.3) is 11.7 Å². The summed E-state index contributed by atoms with van der Waals surface area (Å²) in [4.78, 5) is 28.2. The minimum Gasteiger partial charge on any atom is -0.506 e. The van der Waals surface area contributed by atoms with Gasteiger partial charge in [-0.15, -0.1) is 0 Å². The van der Waals surface area contributed by atoms with Gasteiger partial charge in [0.15, 0.2) is 0 Å². The third-order valence-corrected chi connectivity index (χ3v) is 5.90. The summed E-state index contributed by atoms with van der Waals surface area (Å²) >= 11 is 0. The average Bonchev–Trinajstić information content (AvgIpc) is 3.14. The molecule has 0 radical (unpaired) electrons. The van der Waals surface area contributed by atoms with Crippen LogP contribution in [0.4, 0.5) is 5.69 Å². The molecular weight excluding hydrogens is 446 g/mol. The highest BCUT2D eigenvalue weighted by Crippen LogP contribution is 2.45. The van der Waals surface area contributed by atoms with Crippen molar-refractivity contribution in [2.45, 2.75) is 19.9 Å². The predicted octanol–water partition coefficient (Wildman–Crippen LogP) is 5.04. The lowest BCUT2D eigenvalue weighted by Gasteiger charge is -2.26. The SMILES string of the molecule is CCOc1ccc(C2/C(=C(\O)c3c(OC)cccc3OC)C(=O)C(=O)N2c2cccc(C)c2)cc1. The number of ketones is 1. The first kappa shape index (κ1) is 23.9. The van der Waals surface area contributed by atoms with Crippen molar-refractivity contribution in [3.8, 4) is 17.2 Å². The highest BCUT2D eigenvalue weighted by atomic mass is 16.5. The lowest BCUT2D eigenvalue weighted by atomic mass is 9.94. The van der Waals surface area contributed by atoms with Gasteiger partial charge in [-0.3, -0.25) is 14.5 Å².